The van der Waals surface area contributed by atoms with Crippen LogP contribution >= 0.6 is 47.0 Å². The van der Waals surface area contributed by atoms with Crippen LogP contribution in [0, 0.1) is 11.6 Å². The number of methoxy groups -OCH3 is 1. The van der Waals surface area contributed by atoms with Gasteiger partial charge in [0.05, 0.1) is 19.5 Å². The second kappa shape index (κ2) is 13.8. The van der Waals surface area contributed by atoms with Crippen LogP contribution in [0.15, 0.2) is 17.8 Å². The van der Waals surface area contributed by atoms with Gasteiger partial charge in [-0.1, -0.05) is 12.2 Å². The van der Waals surface area contributed by atoms with Crippen molar-refractivity contribution in [3.63, 3.8) is 0 Å². The number of carbonyl (C=O) groups is 1. The molecule has 1 saturated heterocycles. The number of phosphoric acid groups is 3. The number of rotatable bonds is 14. The number of nitrogens with two attached hydrogens (primary N) is 1. The molecule has 1 fully saturated rings. The van der Waals surface area contributed by atoms with Gasteiger partial charge < -0.3 is 49.8 Å². The summed E-state index contributed by atoms with van der Waals surface area (Å²) >= 11 is 6.66. The fraction of sp³-hybridized carbons (Fsp3) is 0.474. The molecule has 0 aliphatic carbocycles. The Balaban J connectivity index is 1.55. The maximum absolute atomic E-state index is 12.6. The molecule has 4 heterocycles. The number of anilines is 1. The number of hydrogen-bond donors (Lipinski definition) is 7. The molecule has 6 atom stereocenters. The molecule has 44 heavy (non-hydrogen) atoms. The first-order chi connectivity index (χ1) is 20.5. The topological polar surface area (TPSA) is 289 Å². The quantitative estimate of drug-likeness (QED) is 0.0914. The zero-order valence-corrected chi connectivity index (χ0v) is 26.9. The second-order valence-electron chi connectivity index (χ2n) is 9.01. The van der Waals surface area contributed by atoms with Crippen LogP contribution in [0.4, 0.5) is 5.95 Å². The number of nitrogens with one attached hydrogen (secondary N) is 2. The minimum absolute atomic E-state index is 0.0362. The van der Waals surface area contributed by atoms with Crippen LogP contribution < -0.4 is 11.1 Å². The standard InChI is InChI=1S/C19H27N6O14P3S2/c1-9-3-4-44-11(9)5-21-12(26)7-35-14-10(6-36-41(30,31)39-42(32,33)38-40(27,28)29)37-18(15(14)34-2)25-8-22-13-16(25)23-19(20)24-17(13)43/h3-4,8,10,14-15,18H,5-7H2,1-2H3,(H,21,26)(H,30,31)(H,32,33)(H2,27,28,29)(H3,20,23,24,43). The first-order valence-corrected chi connectivity index (χ1v) is 17.9. The van der Waals surface area contributed by atoms with Gasteiger partial charge in [0.25, 0.3) is 0 Å². The molecule has 6 unspecified atom stereocenters. The minimum Gasteiger partial charge on any atom is -0.374 e. The zero-order valence-electron chi connectivity index (χ0n) is 22.6. The van der Waals surface area contributed by atoms with Gasteiger partial charge >= 0.3 is 23.5 Å². The number of fused-ring (bicyclic) bond motifs is 1. The highest BCUT2D eigenvalue weighted by Gasteiger charge is 2.49. The molecule has 4 rings (SSSR count). The number of aromatic amines is 1. The van der Waals surface area contributed by atoms with E-state index in [4.69, 9.17) is 46.5 Å². The monoisotopic (exact) mass is 720 g/mol. The Morgan fingerprint density at radius 2 is 1.95 bits per heavy atom. The normalized spacial score (nSPS) is 23.4. The summed E-state index contributed by atoms with van der Waals surface area (Å²) in [6.45, 7) is 0.744. The van der Waals surface area contributed by atoms with Crippen LogP contribution in [0.3, 0.4) is 0 Å². The summed E-state index contributed by atoms with van der Waals surface area (Å²) < 4.78 is 66.3. The molecule has 20 nitrogen and oxygen atoms in total. The predicted octanol–water partition coefficient (Wildman–Crippen LogP) is 1.40. The Morgan fingerprint density at radius 3 is 2.59 bits per heavy atom. The third-order valence-corrected chi connectivity index (χ3v) is 11.0. The average molecular weight is 721 g/mol. The van der Waals surface area contributed by atoms with Gasteiger partial charge in [-0.25, -0.2) is 23.7 Å². The number of aromatic nitrogens is 4. The summed E-state index contributed by atoms with van der Waals surface area (Å²) in [4.78, 5) is 61.4. The van der Waals surface area contributed by atoms with E-state index in [2.05, 4.69) is 28.9 Å². The van der Waals surface area contributed by atoms with Gasteiger partial charge in [-0.3, -0.25) is 13.9 Å². The van der Waals surface area contributed by atoms with E-state index in [9.17, 15) is 28.3 Å². The van der Waals surface area contributed by atoms with E-state index in [1.807, 2.05) is 18.4 Å². The highest BCUT2D eigenvalue weighted by Crippen LogP contribution is 2.66. The third kappa shape index (κ3) is 8.85. The highest BCUT2D eigenvalue weighted by molar-refractivity contribution is 7.71. The van der Waals surface area contributed by atoms with Crippen LogP contribution in [0.1, 0.15) is 16.7 Å². The van der Waals surface area contributed by atoms with E-state index in [1.165, 1.54) is 29.3 Å². The first-order valence-electron chi connectivity index (χ1n) is 12.1. The minimum atomic E-state index is -5.77. The molecule has 8 N–H and O–H groups in total. The lowest BCUT2D eigenvalue weighted by Gasteiger charge is -2.24. The van der Waals surface area contributed by atoms with Gasteiger partial charge in [0, 0.05) is 12.0 Å². The Labute approximate surface area is 256 Å². The maximum atomic E-state index is 12.6. The van der Waals surface area contributed by atoms with Crippen LogP contribution in [0.25, 0.3) is 11.2 Å². The second-order valence-corrected chi connectivity index (χ2v) is 14.8. The summed E-state index contributed by atoms with van der Waals surface area (Å²) in [5.41, 5.74) is 7.32. The van der Waals surface area contributed by atoms with E-state index >= 15 is 0 Å². The van der Waals surface area contributed by atoms with Crippen LogP contribution in [-0.4, -0.2) is 83.6 Å². The molecule has 0 aromatic carbocycles. The SMILES string of the molecule is COC1C(OCC(=O)NCc2sccc2C)C(COP(=O)(O)OP(=O)(O)OP(=O)(O)O)OC1n1cnc2c(=S)nc(N)[nH]c21. The molecule has 1 aliphatic rings. The lowest BCUT2D eigenvalue weighted by atomic mass is 10.1. The molecular weight excluding hydrogens is 693 g/mol. The van der Waals surface area contributed by atoms with Gasteiger partial charge in [0.15, 0.2) is 16.8 Å². The predicted molar refractivity (Wildman–Crippen MR) is 152 cm³/mol. The van der Waals surface area contributed by atoms with Crippen LogP contribution in [-0.2, 0) is 52.4 Å². The van der Waals surface area contributed by atoms with Crippen molar-refractivity contribution < 1.29 is 65.4 Å². The molecule has 25 heteroatoms. The lowest BCUT2D eigenvalue weighted by Crippen LogP contribution is -2.40. The summed E-state index contributed by atoms with van der Waals surface area (Å²) in [5, 5.41) is 4.59. The number of imidazole rings is 1. The van der Waals surface area contributed by atoms with Crippen molar-refractivity contribution in [2.24, 2.45) is 0 Å². The number of H-pyrrole nitrogens is 1. The van der Waals surface area contributed by atoms with Crippen LogP contribution in [0.2, 0.25) is 0 Å². The number of amides is 1. The molecule has 3 aromatic heterocycles. The number of aryl methyl sites for hydroxylation is 1. The molecule has 1 amide bonds. The molecule has 0 bridgehead atoms. The Kier molecular flexibility index (Phi) is 10.9. The van der Waals surface area contributed by atoms with E-state index in [1.54, 1.807) is 0 Å². The summed E-state index contributed by atoms with van der Waals surface area (Å²) in [7, 11) is -15.6. The zero-order chi connectivity index (χ0) is 32.4. The van der Waals surface area contributed by atoms with Crippen molar-refractivity contribution in [3.05, 3.63) is 32.9 Å². The number of thiophene rings is 1. The fourth-order valence-electron chi connectivity index (χ4n) is 4.12. The van der Waals surface area contributed by atoms with E-state index in [0.717, 1.165) is 10.4 Å². The molecule has 1 aliphatic heterocycles. The van der Waals surface area contributed by atoms with Gasteiger partial charge in [-0.05, 0) is 23.9 Å². The van der Waals surface area contributed by atoms with Crippen molar-refractivity contribution in [3.8, 4) is 0 Å². The van der Waals surface area contributed by atoms with Crippen LogP contribution in [0.5, 0.6) is 0 Å². The molecule has 0 saturated carbocycles. The number of carbonyl (C=O) groups excluding carboxylic acids is 1. The van der Waals surface area contributed by atoms with Crippen molar-refractivity contribution >= 4 is 70.0 Å². The van der Waals surface area contributed by atoms with Crippen molar-refractivity contribution in [2.45, 2.75) is 38.0 Å². The Morgan fingerprint density at radius 1 is 1.23 bits per heavy atom. The van der Waals surface area contributed by atoms with E-state index in [0.29, 0.717) is 0 Å². The Hall–Kier alpha value is -1.97. The van der Waals surface area contributed by atoms with Crippen molar-refractivity contribution in [1.82, 2.24) is 24.8 Å². The number of nitrogens with zero attached hydrogens (tertiary/aromatic N) is 3. The average Bonchev–Trinajstić information content (AvgIpc) is 3.59. The summed E-state index contributed by atoms with van der Waals surface area (Å²) in [6, 6.07) is 1.90. The number of hydrogen-bond acceptors (Lipinski definition) is 15. The largest absolute Gasteiger partial charge is 0.490 e. The van der Waals surface area contributed by atoms with Gasteiger partial charge in [0.1, 0.15) is 36.1 Å². The highest BCUT2D eigenvalue weighted by atomic mass is 32.1. The number of nitrogen functional groups attached to an aromatic ring is 1. The Bertz CT molecular complexity index is 1710. The molecular formula is C19H27N6O14P3S2. The smallest absolute Gasteiger partial charge is 0.374 e. The first kappa shape index (κ1) is 34.9. The van der Waals surface area contributed by atoms with Gasteiger partial charge in [-0.2, -0.15) is 8.62 Å². The summed E-state index contributed by atoms with van der Waals surface area (Å²) in [5.74, 6) is -0.551. The van der Waals surface area contributed by atoms with Crippen molar-refractivity contribution in [2.75, 3.05) is 26.1 Å². The molecule has 3 aromatic rings. The summed E-state index contributed by atoms with van der Waals surface area (Å²) in [6.07, 6.45) is -3.32. The van der Waals surface area contributed by atoms with Gasteiger partial charge in [-0.15, -0.1) is 11.3 Å². The molecule has 0 radical (unpaired) electrons. The molecule has 0 spiro atoms. The van der Waals surface area contributed by atoms with E-state index in [-0.39, 0.29) is 28.3 Å². The van der Waals surface area contributed by atoms with Crippen molar-refractivity contribution in [1.29, 1.82) is 0 Å². The number of ether oxygens (including phenoxy) is 3. The maximum Gasteiger partial charge on any atom is 0.490 e. The third-order valence-electron chi connectivity index (χ3n) is 5.94. The van der Waals surface area contributed by atoms with E-state index < -0.39 is 67.1 Å². The number of phosphoric ester groups is 1. The lowest BCUT2D eigenvalue weighted by molar-refractivity contribution is -0.132. The molecule has 244 valence electrons. The van der Waals surface area contributed by atoms with Gasteiger partial charge in [0.2, 0.25) is 5.91 Å². The fourth-order valence-corrected chi connectivity index (χ4v) is 8.25.